The number of sulfone groups is 1. The Labute approximate surface area is 123 Å². The van der Waals surface area contributed by atoms with E-state index < -0.39 is 9.84 Å². The van der Waals surface area contributed by atoms with E-state index in [0.29, 0.717) is 6.04 Å². The lowest BCUT2D eigenvalue weighted by molar-refractivity contribution is 0.302. The van der Waals surface area contributed by atoms with Crippen LogP contribution in [0.1, 0.15) is 44.9 Å². The Kier molecular flexibility index (Phi) is 4.39. The maximum atomic E-state index is 11.7. The third-order valence-electron chi connectivity index (χ3n) is 5.31. The SMILES string of the molecule is CS(=O)(=O)C1CCCC(NCC2CCN(C3CC3)C2)C1. The van der Waals surface area contributed by atoms with Crippen LogP contribution in [0.15, 0.2) is 0 Å². The second kappa shape index (κ2) is 5.93. The maximum Gasteiger partial charge on any atom is 0.150 e. The van der Waals surface area contributed by atoms with Crippen LogP contribution < -0.4 is 5.32 Å². The molecule has 0 radical (unpaired) electrons. The van der Waals surface area contributed by atoms with E-state index in [0.717, 1.165) is 44.2 Å². The van der Waals surface area contributed by atoms with Gasteiger partial charge in [-0.15, -0.1) is 0 Å². The third kappa shape index (κ3) is 3.74. The molecule has 3 atom stereocenters. The number of likely N-dealkylation sites (tertiary alicyclic amines) is 1. The Morgan fingerprint density at radius 3 is 2.65 bits per heavy atom. The van der Waals surface area contributed by atoms with Gasteiger partial charge in [-0.2, -0.15) is 0 Å². The molecule has 3 unspecified atom stereocenters. The van der Waals surface area contributed by atoms with E-state index in [-0.39, 0.29) is 5.25 Å². The molecule has 1 aliphatic heterocycles. The summed E-state index contributed by atoms with van der Waals surface area (Å²) in [6.45, 7) is 3.60. The molecule has 0 spiro atoms. The second-order valence-corrected chi connectivity index (χ2v) is 9.43. The Morgan fingerprint density at radius 1 is 1.15 bits per heavy atom. The summed E-state index contributed by atoms with van der Waals surface area (Å²) in [4.78, 5) is 2.65. The van der Waals surface area contributed by atoms with Crippen LogP contribution in [-0.2, 0) is 9.84 Å². The van der Waals surface area contributed by atoms with Crippen LogP contribution in [-0.4, -0.2) is 56.5 Å². The molecular formula is C15H28N2O2S. The molecule has 20 heavy (non-hydrogen) atoms. The monoisotopic (exact) mass is 300 g/mol. The normalized spacial score (nSPS) is 36.4. The van der Waals surface area contributed by atoms with Crippen molar-refractivity contribution in [3.63, 3.8) is 0 Å². The fraction of sp³-hybridized carbons (Fsp3) is 1.00. The van der Waals surface area contributed by atoms with Crippen LogP contribution in [0.2, 0.25) is 0 Å². The van der Waals surface area contributed by atoms with Gasteiger partial charge in [0.2, 0.25) is 0 Å². The summed E-state index contributed by atoms with van der Waals surface area (Å²) in [5.41, 5.74) is 0. The number of nitrogens with one attached hydrogen (secondary N) is 1. The van der Waals surface area contributed by atoms with E-state index >= 15 is 0 Å². The van der Waals surface area contributed by atoms with Crippen molar-refractivity contribution in [3.05, 3.63) is 0 Å². The molecule has 1 N–H and O–H groups in total. The highest BCUT2D eigenvalue weighted by Gasteiger charge is 2.35. The topological polar surface area (TPSA) is 49.4 Å². The molecule has 1 heterocycles. The molecule has 3 aliphatic rings. The number of rotatable bonds is 5. The summed E-state index contributed by atoms with van der Waals surface area (Å²) >= 11 is 0. The molecule has 0 aromatic carbocycles. The molecule has 5 heteroatoms. The maximum absolute atomic E-state index is 11.7. The van der Waals surface area contributed by atoms with Crippen molar-refractivity contribution in [2.24, 2.45) is 5.92 Å². The molecule has 3 fully saturated rings. The highest BCUT2D eigenvalue weighted by Crippen LogP contribution is 2.31. The lowest BCUT2D eigenvalue weighted by Gasteiger charge is -2.29. The minimum Gasteiger partial charge on any atom is -0.314 e. The zero-order valence-electron chi connectivity index (χ0n) is 12.6. The summed E-state index contributed by atoms with van der Waals surface area (Å²) in [6.07, 6.45) is 9.38. The van der Waals surface area contributed by atoms with E-state index in [4.69, 9.17) is 0 Å². The van der Waals surface area contributed by atoms with Gasteiger partial charge in [0.15, 0.2) is 0 Å². The van der Waals surface area contributed by atoms with Crippen molar-refractivity contribution in [2.75, 3.05) is 25.9 Å². The zero-order chi connectivity index (χ0) is 14.2. The average molecular weight is 300 g/mol. The zero-order valence-corrected chi connectivity index (χ0v) is 13.4. The summed E-state index contributed by atoms with van der Waals surface area (Å²) in [5.74, 6) is 0.772. The van der Waals surface area contributed by atoms with E-state index in [1.165, 1.54) is 38.6 Å². The molecule has 2 aliphatic carbocycles. The highest BCUT2D eigenvalue weighted by molar-refractivity contribution is 7.91. The van der Waals surface area contributed by atoms with Crippen molar-refractivity contribution in [1.82, 2.24) is 10.2 Å². The van der Waals surface area contributed by atoms with Crippen molar-refractivity contribution in [1.29, 1.82) is 0 Å². The first-order valence-electron chi connectivity index (χ1n) is 8.18. The van der Waals surface area contributed by atoms with Gasteiger partial charge in [0.1, 0.15) is 9.84 Å². The second-order valence-electron chi connectivity index (χ2n) is 7.10. The molecule has 4 nitrogen and oxygen atoms in total. The van der Waals surface area contributed by atoms with Crippen LogP contribution in [0.5, 0.6) is 0 Å². The first kappa shape index (κ1) is 14.8. The van der Waals surface area contributed by atoms with Crippen LogP contribution >= 0.6 is 0 Å². The minimum absolute atomic E-state index is 0.111. The van der Waals surface area contributed by atoms with Crippen LogP contribution in [0.25, 0.3) is 0 Å². The van der Waals surface area contributed by atoms with E-state index in [1.54, 1.807) is 0 Å². The van der Waals surface area contributed by atoms with Gasteiger partial charge in [-0.1, -0.05) is 6.42 Å². The molecule has 2 saturated carbocycles. The summed E-state index contributed by atoms with van der Waals surface area (Å²) < 4.78 is 23.4. The van der Waals surface area contributed by atoms with Crippen molar-refractivity contribution >= 4 is 9.84 Å². The first-order valence-corrected chi connectivity index (χ1v) is 10.1. The van der Waals surface area contributed by atoms with Gasteiger partial charge in [0.25, 0.3) is 0 Å². The lowest BCUT2D eigenvalue weighted by Crippen LogP contribution is -2.41. The van der Waals surface area contributed by atoms with Crippen LogP contribution in [0.4, 0.5) is 0 Å². The fourth-order valence-corrected chi connectivity index (χ4v) is 5.03. The van der Waals surface area contributed by atoms with Gasteiger partial charge in [-0.3, -0.25) is 0 Å². The summed E-state index contributed by atoms with van der Waals surface area (Å²) in [6, 6.07) is 1.31. The average Bonchev–Trinajstić information content (AvgIpc) is 3.15. The smallest absolute Gasteiger partial charge is 0.150 e. The van der Waals surface area contributed by atoms with Crippen molar-refractivity contribution < 1.29 is 8.42 Å². The van der Waals surface area contributed by atoms with Crippen LogP contribution in [0, 0.1) is 5.92 Å². The third-order valence-corrected chi connectivity index (χ3v) is 6.95. The highest BCUT2D eigenvalue weighted by atomic mass is 32.2. The number of hydrogen-bond donors (Lipinski definition) is 1. The minimum atomic E-state index is -2.86. The molecule has 0 aromatic rings. The Morgan fingerprint density at radius 2 is 1.95 bits per heavy atom. The van der Waals surface area contributed by atoms with Gasteiger partial charge in [-0.05, 0) is 57.5 Å². The predicted molar refractivity (Wildman–Crippen MR) is 81.6 cm³/mol. The van der Waals surface area contributed by atoms with E-state index in [1.807, 2.05) is 0 Å². The summed E-state index contributed by atoms with van der Waals surface area (Å²) in [7, 11) is -2.86. The van der Waals surface area contributed by atoms with Crippen molar-refractivity contribution in [3.8, 4) is 0 Å². The Hall–Kier alpha value is -0.130. The quantitative estimate of drug-likeness (QED) is 0.834. The van der Waals surface area contributed by atoms with E-state index in [9.17, 15) is 8.42 Å². The van der Waals surface area contributed by atoms with Gasteiger partial charge < -0.3 is 10.2 Å². The van der Waals surface area contributed by atoms with Crippen LogP contribution in [0.3, 0.4) is 0 Å². The lowest BCUT2D eigenvalue weighted by atomic mass is 9.94. The molecule has 0 amide bonds. The predicted octanol–water partition coefficient (Wildman–Crippen LogP) is 1.42. The standard InChI is InChI=1S/C15H28N2O2S/c1-20(18,19)15-4-2-3-13(9-15)16-10-12-7-8-17(11-12)14-5-6-14/h12-16H,2-11H2,1H3. The number of hydrogen-bond acceptors (Lipinski definition) is 4. The molecule has 0 bridgehead atoms. The van der Waals surface area contributed by atoms with Gasteiger partial charge in [0, 0.05) is 24.9 Å². The molecule has 0 aromatic heterocycles. The Balaban J connectivity index is 1.42. The molecule has 116 valence electrons. The largest absolute Gasteiger partial charge is 0.314 e. The molecule has 1 saturated heterocycles. The molecule has 3 rings (SSSR count). The Bertz CT molecular complexity index is 433. The number of nitrogens with zero attached hydrogens (tertiary/aromatic N) is 1. The molecular weight excluding hydrogens is 272 g/mol. The van der Waals surface area contributed by atoms with E-state index in [2.05, 4.69) is 10.2 Å². The van der Waals surface area contributed by atoms with Gasteiger partial charge >= 0.3 is 0 Å². The van der Waals surface area contributed by atoms with Crippen molar-refractivity contribution in [2.45, 2.75) is 62.3 Å². The van der Waals surface area contributed by atoms with Gasteiger partial charge in [-0.25, -0.2) is 8.42 Å². The fourth-order valence-electron chi connectivity index (χ4n) is 3.85. The first-order chi connectivity index (χ1) is 9.52. The van der Waals surface area contributed by atoms with Gasteiger partial charge in [0.05, 0.1) is 5.25 Å². The summed E-state index contributed by atoms with van der Waals surface area (Å²) in [5, 5.41) is 3.54.